The number of nitrogens with zero attached hydrogens (tertiary/aromatic N) is 3. The average molecular weight is 1000 g/mol. The zero-order valence-electron chi connectivity index (χ0n) is 43.4. The second-order valence-electron chi connectivity index (χ2n) is 19.5. The van der Waals surface area contributed by atoms with Crippen LogP contribution in [0.4, 0.5) is 0 Å². The van der Waals surface area contributed by atoms with Gasteiger partial charge in [0, 0.05) is 50.4 Å². The Bertz CT molecular complexity index is 3020. The molecule has 321 valence electrons. The fourth-order valence-corrected chi connectivity index (χ4v) is 7.69. The van der Waals surface area contributed by atoms with Crippen LogP contribution >= 0.6 is 0 Å². The van der Waals surface area contributed by atoms with Crippen molar-refractivity contribution >= 4 is 22.1 Å². The number of aryl methyl sites for hydroxylation is 5. The van der Waals surface area contributed by atoms with Crippen molar-refractivity contribution in [1.29, 1.82) is 0 Å². The predicted octanol–water partition coefficient (Wildman–Crippen LogP) is 15.4. The molecule has 8 aromatic rings. The van der Waals surface area contributed by atoms with Crippen LogP contribution in [0, 0.1) is 52.1 Å². The zero-order valence-corrected chi connectivity index (χ0v) is 40.8. The van der Waals surface area contributed by atoms with Crippen LogP contribution in [0.25, 0.3) is 66.8 Å². The Morgan fingerprint density at radius 2 is 1.32 bits per heavy atom. The molecule has 62 heavy (non-hydrogen) atoms. The second-order valence-corrected chi connectivity index (χ2v) is 19.5. The van der Waals surface area contributed by atoms with Gasteiger partial charge in [0.2, 0.25) is 5.71 Å². The van der Waals surface area contributed by atoms with E-state index in [4.69, 9.17) is 16.3 Å². The molecule has 4 nitrogen and oxygen atoms in total. The molecule has 0 saturated heterocycles. The SMILES string of the molecule is Cc1ccc2c(n1)oc1c(-c3cc(-c4c(C)cc(-c5cc(C(C)(C)C)cc(C(C)(C)C)c5)cc4C)c(C)cn3)[c-]ccc12.[2H]C([2H])([2H])c1c[c-]c(-c2ccc(C([2H])([2H])C(C)(C)C)cn2)cc1.[Ir]. The fraction of sp³-hybridized carbons (Fsp3) is 0.316. The van der Waals surface area contributed by atoms with E-state index in [-0.39, 0.29) is 36.5 Å². The van der Waals surface area contributed by atoms with Crippen molar-refractivity contribution in [3.8, 4) is 44.8 Å². The minimum atomic E-state index is -2.14. The Hall–Kier alpha value is -5.22. The van der Waals surface area contributed by atoms with Crippen LogP contribution in [0.1, 0.15) is 114 Å². The first-order valence-corrected chi connectivity index (χ1v) is 21.1. The Morgan fingerprint density at radius 3 is 1.90 bits per heavy atom. The maximum atomic E-state index is 8.25. The summed E-state index contributed by atoms with van der Waals surface area (Å²) in [4.78, 5) is 13.8. The number of hydrogen-bond acceptors (Lipinski definition) is 4. The largest absolute Gasteiger partial charge is 0.486 e. The predicted molar refractivity (Wildman–Crippen MR) is 257 cm³/mol. The Labute approximate surface area is 391 Å². The van der Waals surface area contributed by atoms with E-state index in [0.717, 1.165) is 38.9 Å². The third kappa shape index (κ3) is 10.3. The van der Waals surface area contributed by atoms with Gasteiger partial charge in [-0.15, -0.1) is 53.6 Å². The van der Waals surface area contributed by atoms with Gasteiger partial charge in [0.05, 0.1) is 5.58 Å². The molecule has 4 aromatic heterocycles. The summed E-state index contributed by atoms with van der Waals surface area (Å²) in [6.07, 6.45) is 2.01. The number of benzene rings is 4. The van der Waals surface area contributed by atoms with Crippen LogP contribution in [0.2, 0.25) is 0 Å². The van der Waals surface area contributed by atoms with Crippen LogP contribution in [0.5, 0.6) is 0 Å². The maximum Gasteiger partial charge on any atom is 0.216 e. The Kier molecular flexibility index (Phi) is 11.4. The molecule has 5 heteroatoms. The minimum absolute atomic E-state index is 0. The summed E-state index contributed by atoms with van der Waals surface area (Å²) in [6.45, 7) is 25.7. The summed E-state index contributed by atoms with van der Waals surface area (Å²) in [7, 11) is 0. The number of hydrogen-bond donors (Lipinski definition) is 0. The Morgan fingerprint density at radius 1 is 0.661 bits per heavy atom. The first kappa shape index (κ1) is 39.6. The zero-order chi connectivity index (χ0) is 48.3. The topological polar surface area (TPSA) is 51.8 Å². The summed E-state index contributed by atoms with van der Waals surface area (Å²) < 4.78 is 44.9. The minimum Gasteiger partial charge on any atom is -0.486 e. The molecule has 0 saturated carbocycles. The third-order valence-electron chi connectivity index (χ3n) is 11.0. The van der Waals surface area contributed by atoms with Gasteiger partial charge in [-0.3, -0.25) is 0 Å². The molecule has 0 bridgehead atoms. The molecular formula is C57H61IrN3O-2. The van der Waals surface area contributed by atoms with Crippen molar-refractivity contribution in [3.63, 3.8) is 0 Å². The van der Waals surface area contributed by atoms with Crippen LogP contribution in [-0.4, -0.2) is 15.0 Å². The van der Waals surface area contributed by atoms with Crippen molar-refractivity contribution in [2.45, 2.75) is 114 Å². The molecule has 4 heterocycles. The summed E-state index contributed by atoms with van der Waals surface area (Å²) >= 11 is 0. The molecule has 0 aliphatic heterocycles. The molecule has 0 fully saturated rings. The van der Waals surface area contributed by atoms with Crippen molar-refractivity contribution in [2.75, 3.05) is 0 Å². The van der Waals surface area contributed by atoms with E-state index in [1.807, 2.05) is 52.1 Å². The molecule has 4 aromatic carbocycles. The monoisotopic (exact) mass is 1000 g/mol. The van der Waals surface area contributed by atoms with Gasteiger partial charge < -0.3 is 14.4 Å². The smallest absolute Gasteiger partial charge is 0.216 e. The van der Waals surface area contributed by atoms with Gasteiger partial charge in [-0.25, -0.2) is 4.98 Å². The average Bonchev–Trinajstić information content (AvgIpc) is 3.61. The molecule has 0 atom stereocenters. The van der Waals surface area contributed by atoms with E-state index in [9.17, 15) is 0 Å². The first-order valence-electron chi connectivity index (χ1n) is 23.6. The number of aromatic nitrogens is 3. The number of rotatable bonds is 5. The normalized spacial score (nSPS) is 13.6. The van der Waals surface area contributed by atoms with Gasteiger partial charge >= 0.3 is 0 Å². The van der Waals surface area contributed by atoms with Gasteiger partial charge in [-0.2, -0.15) is 0 Å². The van der Waals surface area contributed by atoms with Gasteiger partial charge in [-0.05, 0) is 129 Å². The van der Waals surface area contributed by atoms with Gasteiger partial charge in [0.1, 0.15) is 0 Å². The van der Waals surface area contributed by atoms with E-state index in [2.05, 4.69) is 127 Å². The second kappa shape index (κ2) is 17.9. The quantitative estimate of drug-likeness (QED) is 0.161. The van der Waals surface area contributed by atoms with Crippen molar-refractivity contribution in [2.24, 2.45) is 5.41 Å². The maximum absolute atomic E-state index is 8.25. The van der Waals surface area contributed by atoms with E-state index >= 15 is 0 Å². The summed E-state index contributed by atoms with van der Waals surface area (Å²) in [5, 5.41) is 2.04. The molecule has 0 amide bonds. The number of furan rings is 1. The van der Waals surface area contributed by atoms with Gasteiger partial charge in [0.25, 0.3) is 0 Å². The van der Waals surface area contributed by atoms with E-state index in [1.54, 1.807) is 24.3 Å². The molecule has 1 radical (unpaired) electrons. The molecule has 0 aliphatic carbocycles. The van der Waals surface area contributed by atoms with Crippen LogP contribution in [-0.2, 0) is 37.3 Å². The summed E-state index contributed by atoms with van der Waals surface area (Å²) in [5.41, 5.74) is 17.1. The number of pyridine rings is 3. The van der Waals surface area contributed by atoms with Crippen LogP contribution < -0.4 is 0 Å². The fourth-order valence-electron chi connectivity index (χ4n) is 7.69. The molecule has 0 spiro atoms. The van der Waals surface area contributed by atoms with Crippen molar-refractivity contribution < 1.29 is 31.4 Å². The molecule has 0 N–H and O–H groups in total. The third-order valence-corrected chi connectivity index (χ3v) is 11.0. The number of fused-ring (bicyclic) bond motifs is 3. The van der Waals surface area contributed by atoms with E-state index in [0.29, 0.717) is 22.5 Å². The molecule has 8 rings (SSSR count). The Balaban J connectivity index is 0.000000262. The van der Waals surface area contributed by atoms with Gasteiger partial charge in [-0.1, -0.05) is 129 Å². The standard InChI is InChI=1S/C40H41N2O.C17H20N.Ir/c1-23-16-27(28-18-29(39(5,6)7)20-30(19-28)40(8,9)10)17-24(2)36(23)34-21-35(41-22-25(34)3)33-13-11-12-31-32-15-14-26(4)42-38(32)43-37(31)33;1-13-5-8-15(9-6-13)16-10-7-14(12-18-16)11-17(2,3)4;/h11-12,14-22H,1-10H3;5-8,10,12H,11H2,1-4H3;/q2*-1;/i;1D3,11D2;. The molecule has 0 unspecified atom stereocenters. The van der Waals surface area contributed by atoms with Crippen LogP contribution in [0.3, 0.4) is 0 Å². The molecular weight excluding hydrogens is 935 g/mol. The van der Waals surface area contributed by atoms with Crippen molar-refractivity contribution in [1.82, 2.24) is 15.0 Å². The summed E-state index contributed by atoms with van der Waals surface area (Å²) in [5.74, 6) is 0. The molecule has 0 aliphatic rings. The van der Waals surface area contributed by atoms with E-state index in [1.165, 1.54) is 56.8 Å². The van der Waals surface area contributed by atoms with E-state index < -0.39 is 18.6 Å². The van der Waals surface area contributed by atoms with Gasteiger partial charge in [0.15, 0.2) is 0 Å². The first-order chi connectivity index (χ1) is 30.6. The van der Waals surface area contributed by atoms with Crippen molar-refractivity contribution in [3.05, 3.63) is 160 Å². The van der Waals surface area contributed by atoms with Crippen LogP contribution in [0.15, 0.2) is 108 Å². The summed E-state index contributed by atoms with van der Waals surface area (Å²) in [6, 6.07) is 36.6.